The number of methoxy groups -OCH3 is 1. The Kier molecular flexibility index (Phi) is 6.62. The van der Waals surface area contributed by atoms with Crippen LogP contribution in [0.5, 0.6) is 5.75 Å². The predicted octanol–water partition coefficient (Wildman–Crippen LogP) is 4.10. The molecule has 1 amide bonds. The van der Waals surface area contributed by atoms with Gasteiger partial charge in [-0.1, -0.05) is 29.3 Å². The summed E-state index contributed by atoms with van der Waals surface area (Å²) < 4.78 is 31.1. The zero-order valence-corrected chi connectivity index (χ0v) is 17.6. The van der Waals surface area contributed by atoms with E-state index in [2.05, 4.69) is 5.32 Å². The first-order valence-electron chi connectivity index (χ1n) is 7.94. The Bertz CT molecular complexity index is 964. The molecule has 6 nitrogen and oxygen atoms in total. The van der Waals surface area contributed by atoms with Crippen molar-refractivity contribution in [1.82, 2.24) is 0 Å². The van der Waals surface area contributed by atoms with E-state index < -0.39 is 22.0 Å². The number of hydrogen-bond acceptors (Lipinski definition) is 4. The number of hydrogen-bond donors (Lipinski definition) is 1. The molecular formula is C18H20Cl2N2O4S. The third-order valence-corrected chi connectivity index (χ3v) is 5.78. The molecule has 2 aromatic carbocycles. The van der Waals surface area contributed by atoms with Crippen molar-refractivity contribution in [3.63, 3.8) is 0 Å². The van der Waals surface area contributed by atoms with Crippen molar-refractivity contribution in [2.24, 2.45) is 0 Å². The van der Waals surface area contributed by atoms with Crippen molar-refractivity contribution in [3.8, 4) is 5.75 Å². The van der Waals surface area contributed by atoms with Gasteiger partial charge in [0, 0.05) is 15.7 Å². The molecular weight excluding hydrogens is 411 g/mol. The molecule has 0 bridgehead atoms. The summed E-state index contributed by atoms with van der Waals surface area (Å²) in [6, 6.07) is 8.55. The smallest absolute Gasteiger partial charge is 0.247 e. The second kappa shape index (κ2) is 8.37. The number of nitrogens with zero attached hydrogens (tertiary/aromatic N) is 1. The molecule has 2 rings (SSSR count). The van der Waals surface area contributed by atoms with E-state index in [4.69, 9.17) is 27.9 Å². The maximum atomic E-state index is 12.7. The molecule has 0 aliphatic rings. The standard InChI is InChI=1S/C18H20Cl2N2O4S/c1-11-5-7-14(10-15(11)20)21-18(23)12(2)22(27(4,24)25)16-9-13(19)6-8-17(16)26-3/h5-10,12H,1-4H3,(H,21,23)/t12-/m1/s1. The van der Waals surface area contributed by atoms with Gasteiger partial charge in [-0.25, -0.2) is 8.42 Å². The average Bonchev–Trinajstić information content (AvgIpc) is 2.57. The monoisotopic (exact) mass is 430 g/mol. The molecule has 1 atom stereocenters. The van der Waals surface area contributed by atoms with Gasteiger partial charge in [-0.3, -0.25) is 9.10 Å². The zero-order valence-electron chi connectivity index (χ0n) is 15.3. The summed E-state index contributed by atoms with van der Waals surface area (Å²) in [7, 11) is -2.40. The molecule has 0 aliphatic carbocycles. The molecule has 9 heteroatoms. The Morgan fingerprint density at radius 3 is 2.41 bits per heavy atom. The maximum Gasteiger partial charge on any atom is 0.247 e. The van der Waals surface area contributed by atoms with Crippen LogP contribution in [0, 0.1) is 6.92 Å². The quantitative estimate of drug-likeness (QED) is 0.747. The van der Waals surface area contributed by atoms with Crippen LogP contribution < -0.4 is 14.4 Å². The normalized spacial score (nSPS) is 12.4. The van der Waals surface area contributed by atoms with Crippen LogP contribution >= 0.6 is 23.2 Å². The Morgan fingerprint density at radius 1 is 1.19 bits per heavy atom. The van der Waals surface area contributed by atoms with Gasteiger partial charge in [0.05, 0.1) is 19.1 Å². The van der Waals surface area contributed by atoms with Crippen LogP contribution in [0.4, 0.5) is 11.4 Å². The number of anilines is 2. The van der Waals surface area contributed by atoms with Crippen molar-refractivity contribution < 1.29 is 17.9 Å². The number of benzene rings is 2. The number of sulfonamides is 1. The lowest BCUT2D eigenvalue weighted by Gasteiger charge is -2.29. The molecule has 0 saturated heterocycles. The fourth-order valence-corrected chi connectivity index (χ4v) is 4.05. The number of aryl methyl sites for hydroxylation is 1. The van der Waals surface area contributed by atoms with E-state index in [0.29, 0.717) is 15.7 Å². The molecule has 2 aromatic rings. The highest BCUT2D eigenvalue weighted by Crippen LogP contribution is 2.34. The second-order valence-electron chi connectivity index (χ2n) is 6.00. The average molecular weight is 431 g/mol. The van der Waals surface area contributed by atoms with Crippen molar-refractivity contribution >= 4 is 50.5 Å². The minimum atomic E-state index is -3.81. The number of nitrogens with one attached hydrogen (secondary N) is 1. The van der Waals surface area contributed by atoms with Crippen molar-refractivity contribution in [3.05, 3.63) is 52.0 Å². The number of rotatable bonds is 6. The van der Waals surface area contributed by atoms with E-state index in [0.717, 1.165) is 16.1 Å². The van der Waals surface area contributed by atoms with E-state index in [1.165, 1.54) is 20.1 Å². The van der Waals surface area contributed by atoms with Gasteiger partial charge in [-0.15, -0.1) is 0 Å². The van der Waals surface area contributed by atoms with Crippen LogP contribution in [0.25, 0.3) is 0 Å². The van der Waals surface area contributed by atoms with Crippen molar-refractivity contribution in [1.29, 1.82) is 0 Å². The van der Waals surface area contributed by atoms with Gasteiger partial charge in [0.25, 0.3) is 0 Å². The lowest BCUT2D eigenvalue weighted by molar-refractivity contribution is -0.116. The Morgan fingerprint density at radius 2 is 1.85 bits per heavy atom. The Labute approximate surface area is 169 Å². The summed E-state index contributed by atoms with van der Waals surface area (Å²) in [5.41, 5.74) is 1.51. The number of carbonyl (C=O) groups excluding carboxylic acids is 1. The fraction of sp³-hybridized carbons (Fsp3) is 0.278. The highest BCUT2D eigenvalue weighted by molar-refractivity contribution is 7.92. The molecule has 27 heavy (non-hydrogen) atoms. The molecule has 0 unspecified atom stereocenters. The van der Waals surface area contributed by atoms with Gasteiger partial charge in [-0.2, -0.15) is 0 Å². The topological polar surface area (TPSA) is 75.7 Å². The molecule has 1 N–H and O–H groups in total. The fourth-order valence-electron chi connectivity index (χ4n) is 2.53. The number of halogens is 2. The highest BCUT2D eigenvalue weighted by atomic mass is 35.5. The van der Waals surface area contributed by atoms with Gasteiger partial charge in [0.1, 0.15) is 11.8 Å². The van der Waals surface area contributed by atoms with Gasteiger partial charge >= 0.3 is 0 Å². The maximum absolute atomic E-state index is 12.7. The van der Waals surface area contributed by atoms with Crippen LogP contribution in [-0.2, 0) is 14.8 Å². The number of ether oxygens (including phenoxy) is 1. The van der Waals surface area contributed by atoms with Crippen LogP contribution in [0.3, 0.4) is 0 Å². The summed E-state index contributed by atoms with van der Waals surface area (Å²) in [6.07, 6.45) is 1.01. The summed E-state index contributed by atoms with van der Waals surface area (Å²) in [4.78, 5) is 12.7. The van der Waals surface area contributed by atoms with Crippen LogP contribution in [0.1, 0.15) is 12.5 Å². The Balaban J connectivity index is 2.41. The summed E-state index contributed by atoms with van der Waals surface area (Å²) in [6.45, 7) is 3.32. The van der Waals surface area contributed by atoms with E-state index in [9.17, 15) is 13.2 Å². The first-order valence-corrected chi connectivity index (χ1v) is 10.5. The van der Waals surface area contributed by atoms with Gasteiger partial charge < -0.3 is 10.1 Å². The minimum Gasteiger partial charge on any atom is -0.495 e. The van der Waals surface area contributed by atoms with Crippen molar-refractivity contribution in [2.45, 2.75) is 19.9 Å². The largest absolute Gasteiger partial charge is 0.495 e. The summed E-state index contributed by atoms with van der Waals surface area (Å²) >= 11 is 12.1. The second-order valence-corrected chi connectivity index (χ2v) is 8.71. The van der Waals surface area contributed by atoms with E-state index in [1.54, 1.807) is 30.3 Å². The molecule has 146 valence electrons. The van der Waals surface area contributed by atoms with Crippen LogP contribution in [-0.4, -0.2) is 33.7 Å². The summed E-state index contributed by atoms with van der Waals surface area (Å²) in [5.74, 6) is -0.245. The number of amides is 1. The molecule has 0 spiro atoms. The van der Waals surface area contributed by atoms with Crippen LogP contribution in [0.15, 0.2) is 36.4 Å². The first kappa shape index (κ1) is 21.3. The SMILES string of the molecule is COc1ccc(Cl)cc1N([C@H](C)C(=O)Nc1ccc(C)c(Cl)c1)S(C)(=O)=O. The molecule has 0 aliphatic heterocycles. The van der Waals surface area contributed by atoms with Crippen molar-refractivity contribution in [2.75, 3.05) is 23.0 Å². The van der Waals surface area contributed by atoms with Gasteiger partial charge in [0.2, 0.25) is 15.9 Å². The number of carbonyl (C=O) groups is 1. The van der Waals surface area contributed by atoms with E-state index in [-0.39, 0.29) is 11.4 Å². The third-order valence-electron chi connectivity index (χ3n) is 3.91. The Hall–Kier alpha value is -1.96. The highest BCUT2D eigenvalue weighted by Gasteiger charge is 2.31. The minimum absolute atomic E-state index is 0.178. The lowest BCUT2D eigenvalue weighted by Crippen LogP contribution is -2.45. The van der Waals surface area contributed by atoms with E-state index in [1.807, 2.05) is 6.92 Å². The van der Waals surface area contributed by atoms with E-state index >= 15 is 0 Å². The van der Waals surface area contributed by atoms with Crippen LogP contribution in [0.2, 0.25) is 10.0 Å². The summed E-state index contributed by atoms with van der Waals surface area (Å²) in [5, 5.41) is 3.50. The third kappa shape index (κ3) is 5.06. The lowest BCUT2D eigenvalue weighted by atomic mass is 10.2. The van der Waals surface area contributed by atoms with Gasteiger partial charge in [-0.05, 0) is 49.7 Å². The molecule has 0 saturated carbocycles. The predicted molar refractivity (Wildman–Crippen MR) is 110 cm³/mol. The van der Waals surface area contributed by atoms with Gasteiger partial charge in [0.15, 0.2) is 0 Å². The molecule has 0 radical (unpaired) electrons. The molecule has 0 aromatic heterocycles. The first-order chi connectivity index (χ1) is 12.5. The zero-order chi connectivity index (χ0) is 20.4. The molecule has 0 fully saturated rings. The molecule has 0 heterocycles.